The summed E-state index contributed by atoms with van der Waals surface area (Å²) in [6, 6.07) is 5.70. The normalized spacial score (nSPS) is 15.6. The zero-order chi connectivity index (χ0) is 15.2. The average molecular weight is 294 g/mol. The molecule has 21 heavy (non-hydrogen) atoms. The standard InChI is InChI=1S/C15H19FN2O3/c1-2-21-15(20)17-13-6-8-18(9-7-13)14(19)11-4-3-5-12(16)10-11/h3-5,10,13H,2,6-9H2,1H3,(H,17,20). The predicted molar refractivity (Wildman–Crippen MR) is 75.5 cm³/mol. The van der Waals surface area contributed by atoms with Gasteiger partial charge in [-0.15, -0.1) is 0 Å². The molecule has 6 heteroatoms. The fraction of sp³-hybridized carbons (Fsp3) is 0.467. The molecule has 0 atom stereocenters. The van der Waals surface area contributed by atoms with E-state index in [4.69, 9.17) is 4.74 Å². The zero-order valence-corrected chi connectivity index (χ0v) is 12.0. The maximum absolute atomic E-state index is 13.1. The number of piperidine rings is 1. The summed E-state index contributed by atoms with van der Waals surface area (Å²) >= 11 is 0. The Bertz CT molecular complexity index is 513. The van der Waals surface area contributed by atoms with Gasteiger partial charge in [0.1, 0.15) is 5.82 Å². The van der Waals surface area contributed by atoms with Crippen molar-refractivity contribution in [2.45, 2.75) is 25.8 Å². The molecule has 0 unspecified atom stereocenters. The number of alkyl carbamates (subject to hydrolysis) is 1. The molecule has 2 rings (SSSR count). The van der Waals surface area contributed by atoms with Gasteiger partial charge < -0.3 is 15.0 Å². The molecule has 0 aromatic heterocycles. The summed E-state index contributed by atoms with van der Waals surface area (Å²) in [7, 11) is 0. The van der Waals surface area contributed by atoms with Crippen LogP contribution in [0.2, 0.25) is 0 Å². The highest BCUT2D eigenvalue weighted by atomic mass is 19.1. The number of nitrogens with one attached hydrogen (secondary N) is 1. The van der Waals surface area contributed by atoms with E-state index < -0.39 is 11.9 Å². The second-order valence-electron chi connectivity index (χ2n) is 4.94. The zero-order valence-electron chi connectivity index (χ0n) is 12.0. The van der Waals surface area contributed by atoms with Crippen LogP contribution in [0.25, 0.3) is 0 Å². The van der Waals surface area contributed by atoms with E-state index in [0.717, 1.165) is 0 Å². The first kappa shape index (κ1) is 15.3. The summed E-state index contributed by atoms with van der Waals surface area (Å²) in [6.07, 6.45) is 0.909. The van der Waals surface area contributed by atoms with Gasteiger partial charge in [-0.2, -0.15) is 0 Å². The Morgan fingerprint density at radius 2 is 2.10 bits per heavy atom. The van der Waals surface area contributed by atoms with E-state index in [1.807, 2.05) is 0 Å². The number of likely N-dealkylation sites (tertiary alicyclic amines) is 1. The van der Waals surface area contributed by atoms with Crippen molar-refractivity contribution < 1.29 is 18.7 Å². The van der Waals surface area contributed by atoms with E-state index in [1.165, 1.54) is 18.2 Å². The number of ether oxygens (including phenoxy) is 1. The van der Waals surface area contributed by atoms with Crippen LogP contribution in [0, 0.1) is 5.82 Å². The molecular weight excluding hydrogens is 275 g/mol. The molecule has 0 radical (unpaired) electrons. The van der Waals surface area contributed by atoms with Crippen LogP contribution in [0.3, 0.4) is 0 Å². The molecule has 5 nitrogen and oxygen atoms in total. The summed E-state index contributed by atoms with van der Waals surface area (Å²) in [4.78, 5) is 25.2. The van der Waals surface area contributed by atoms with E-state index in [0.29, 0.717) is 38.1 Å². The highest BCUT2D eigenvalue weighted by molar-refractivity contribution is 5.94. The van der Waals surface area contributed by atoms with Crippen LogP contribution in [0.1, 0.15) is 30.1 Å². The van der Waals surface area contributed by atoms with Crippen LogP contribution >= 0.6 is 0 Å². The van der Waals surface area contributed by atoms with Gasteiger partial charge in [-0.3, -0.25) is 4.79 Å². The van der Waals surface area contributed by atoms with Crippen molar-refractivity contribution in [3.63, 3.8) is 0 Å². The lowest BCUT2D eigenvalue weighted by Gasteiger charge is -2.32. The lowest BCUT2D eigenvalue weighted by atomic mass is 10.0. The van der Waals surface area contributed by atoms with Crippen LogP contribution in [0.4, 0.5) is 9.18 Å². The topological polar surface area (TPSA) is 58.6 Å². The number of benzene rings is 1. The van der Waals surface area contributed by atoms with Crippen molar-refractivity contribution in [1.82, 2.24) is 10.2 Å². The Hall–Kier alpha value is -2.11. The molecule has 0 bridgehead atoms. The Kier molecular flexibility index (Phi) is 5.14. The van der Waals surface area contributed by atoms with Crippen molar-refractivity contribution >= 4 is 12.0 Å². The van der Waals surface area contributed by atoms with Gasteiger partial charge in [0, 0.05) is 24.7 Å². The van der Waals surface area contributed by atoms with Gasteiger partial charge in [0.15, 0.2) is 0 Å². The van der Waals surface area contributed by atoms with E-state index in [-0.39, 0.29) is 11.9 Å². The molecule has 1 aliphatic heterocycles. The summed E-state index contributed by atoms with van der Waals surface area (Å²) in [5, 5.41) is 2.77. The minimum atomic E-state index is -0.424. The van der Waals surface area contributed by atoms with Crippen LogP contribution < -0.4 is 5.32 Å². The third-order valence-corrected chi connectivity index (χ3v) is 3.45. The summed E-state index contributed by atoms with van der Waals surface area (Å²) in [6.45, 7) is 3.15. The molecule has 1 aromatic carbocycles. The number of carbonyl (C=O) groups is 2. The van der Waals surface area contributed by atoms with Crippen LogP contribution in [0.15, 0.2) is 24.3 Å². The molecule has 1 aliphatic rings. The molecule has 1 heterocycles. The minimum Gasteiger partial charge on any atom is -0.450 e. The third kappa shape index (κ3) is 4.18. The van der Waals surface area contributed by atoms with Crippen LogP contribution in [0.5, 0.6) is 0 Å². The molecule has 0 saturated carbocycles. The fourth-order valence-electron chi connectivity index (χ4n) is 2.37. The first-order chi connectivity index (χ1) is 10.1. The van der Waals surface area contributed by atoms with Gasteiger partial charge in [-0.25, -0.2) is 9.18 Å². The predicted octanol–water partition coefficient (Wildman–Crippen LogP) is 2.18. The largest absolute Gasteiger partial charge is 0.450 e. The first-order valence-electron chi connectivity index (χ1n) is 7.08. The Labute approximate surface area is 123 Å². The molecule has 0 aliphatic carbocycles. The van der Waals surface area contributed by atoms with Crippen LogP contribution in [-0.4, -0.2) is 42.6 Å². The van der Waals surface area contributed by atoms with Crippen molar-refractivity contribution in [2.75, 3.05) is 19.7 Å². The van der Waals surface area contributed by atoms with Gasteiger partial charge >= 0.3 is 6.09 Å². The number of nitrogens with zero attached hydrogens (tertiary/aromatic N) is 1. The van der Waals surface area contributed by atoms with Gasteiger partial charge in [-0.1, -0.05) is 6.07 Å². The maximum Gasteiger partial charge on any atom is 0.407 e. The highest BCUT2D eigenvalue weighted by Gasteiger charge is 2.24. The molecule has 2 amide bonds. The van der Waals surface area contributed by atoms with Crippen LogP contribution in [-0.2, 0) is 4.74 Å². The van der Waals surface area contributed by atoms with Gasteiger partial charge in [0.2, 0.25) is 0 Å². The van der Waals surface area contributed by atoms with Crippen molar-refractivity contribution in [3.05, 3.63) is 35.6 Å². The SMILES string of the molecule is CCOC(=O)NC1CCN(C(=O)c2cccc(F)c2)CC1. The molecular formula is C15H19FN2O3. The number of halogens is 1. The first-order valence-corrected chi connectivity index (χ1v) is 7.08. The summed E-state index contributed by atoms with van der Waals surface area (Å²) < 4.78 is 18.0. The Morgan fingerprint density at radius 1 is 1.38 bits per heavy atom. The number of hydrogen-bond donors (Lipinski definition) is 1. The lowest BCUT2D eigenvalue weighted by molar-refractivity contribution is 0.0702. The van der Waals surface area contributed by atoms with Crippen molar-refractivity contribution in [2.24, 2.45) is 0 Å². The number of carbonyl (C=O) groups excluding carboxylic acids is 2. The third-order valence-electron chi connectivity index (χ3n) is 3.45. The second kappa shape index (κ2) is 7.06. The van der Waals surface area contributed by atoms with E-state index in [9.17, 15) is 14.0 Å². The quantitative estimate of drug-likeness (QED) is 0.929. The Balaban J connectivity index is 1.86. The maximum atomic E-state index is 13.1. The molecule has 0 spiro atoms. The van der Waals surface area contributed by atoms with Gasteiger partial charge in [-0.05, 0) is 38.0 Å². The van der Waals surface area contributed by atoms with E-state index in [1.54, 1.807) is 17.9 Å². The van der Waals surface area contributed by atoms with E-state index in [2.05, 4.69) is 5.32 Å². The molecule has 1 saturated heterocycles. The summed E-state index contributed by atoms with van der Waals surface area (Å²) in [5.74, 6) is -0.594. The molecule has 1 N–H and O–H groups in total. The molecule has 1 aromatic rings. The number of rotatable bonds is 3. The van der Waals surface area contributed by atoms with Gasteiger partial charge in [0.25, 0.3) is 5.91 Å². The lowest BCUT2D eigenvalue weighted by Crippen LogP contribution is -2.46. The minimum absolute atomic E-state index is 0.0145. The summed E-state index contributed by atoms with van der Waals surface area (Å²) in [5.41, 5.74) is 0.354. The van der Waals surface area contributed by atoms with Crippen molar-refractivity contribution in [3.8, 4) is 0 Å². The van der Waals surface area contributed by atoms with E-state index >= 15 is 0 Å². The Morgan fingerprint density at radius 3 is 2.71 bits per heavy atom. The fourth-order valence-corrected chi connectivity index (χ4v) is 2.37. The second-order valence-corrected chi connectivity index (χ2v) is 4.94. The van der Waals surface area contributed by atoms with Gasteiger partial charge in [0.05, 0.1) is 6.61 Å². The number of hydrogen-bond acceptors (Lipinski definition) is 3. The smallest absolute Gasteiger partial charge is 0.407 e. The number of amides is 2. The highest BCUT2D eigenvalue weighted by Crippen LogP contribution is 2.15. The van der Waals surface area contributed by atoms with Crippen molar-refractivity contribution in [1.29, 1.82) is 0 Å². The monoisotopic (exact) mass is 294 g/mol. The molecule has 114 valence electrons. The molecule has 1 fully saturated rings. The average Bonchev–Trinajstić information content (AvgIpc) is 2.47.